The quantitative estimate of drug-likeness (QED) is 0.00455. The van der Waals surface area contributed by atoms with Crippen molar-refractivity contribution in [3.63, 3.8) is 0 Å². The number of rotatable bonds is 28. The van der Waals surface area contributed by atoms with E-state index in [2.05, 4.69) is 51.5 Å². The van der Waals surface area contributed by atoms with Crippen LogP contribution in [-0.4, -0.2) is 130 Å². The molecule has 3 radical (unpaired) electrons. The number of hydrogen-bond donors (Lipinski definition) is 7. The number of aliphatic hydroxyl groups is 1. The number of hydrogen-bond acceptors (Lipinski definition) is 41. The summed E-state index contributed by atoms with van der Waals surface area (Å²) in [6.45, 7) is 4.62. The van der Waals surface area contributed by atoms with Gasteiger partial charge in [0.05, 0.1) is 79.6 Å². The first-order valence-corrected chi connectivity index (χ1v) is 37.4. The van der Waals surface area contributed by atoms with E-state index in [0.29, 0.717) is 39.8 Å². The molecule has 1 atom stereocenters. The largest absolute Gasteiger partial charge is 1.00 e. The van der Waals surface area contributed by atoms with Crippen LogP contribution in [0.25, 0.3) is 32.3 Å². The van der Waals surface area contributed by atoms with Gasteiger partial charge >= 0.3 is 177 Å². The number of nitrogens with zero attached hydrogens (tertiary/aromatic N) is 6. The van der Waals surface area contributed by atoms with E-state index in [1.807, 2.05) is 0 Å². The van der Waals surface area contributed by atoms with E-state index in [1.165, 1.54) is 60.0 Å². The smallest absolute Gasteiger partial charge is 0.744 e. The Morgan fingerprint density at radius 1 is 0.459 bits per heavy atom. The average molecular weight is 1920 g/mol. The Balaban J connectivity index is -0.00000152. The van der Waals surface area contributed by atoms with Crippen molar-refractivity contribution in [3.05, 3.63) is 145 Å². The SMILES string of the molecule is C=CSOOc1ccc(O)c(N=Nc2c(O)c(S(=O)(=O)[O-])cc3cc(C)ccc23)c1.O=S(=O)([O-])c1ccc2c(N=Nc3cc(SOOCCO)ccc3O)c(O)c(S(=O)(=O)[O-])cc2c1.O=S(CCOOSc1ccc(O)c(N=Nc2c(O)c(S(=O)(=O)[O-])cc3cc(S(=O)(=O)[O-])ccc23)c1)OO[O-].[Cu].[Cu].[Cu].[Na+].[Na+].[Na+].[Na+].[Na+].[Na+]. The normalized spacial score (nSPS) is 11.6. The standard InChI is InChI=1S/C19H16N2O7S2.C18H16N2O14S4.C18H16N2O11S3.3Cu.6Na/c1-3-29-28-27-13-5-7-16(22)15(10-13)20-21-18-14-6-4-11(2)8-12(14)9-17(19(18)23)30(24,25)26;21-15-4-1-11(35-33-31-5-6-36(24)34-32-23)9-14(15)19-20-17-13-3-2-12(37(25,26)27)7-10(13)8-16(18(17)22)38(28,29)30;21-5-6-30-31-32-11-1-4-15(22)14(9-11)19-20-17-13-3-2-12(33(24,25)26)7-10(13)8-16(18(17)23)34(27,28)29;;;;;;;;;/h3-10,22-23H,1H2,2H3,(H,24,25,26);1-4,7-9,21-23H,5-6H2,(H,25,26,27)(H,28,29,30);1-4,7-9,21-23H,5-6H2,(H,24,25,26)(H,27,28,29);;;;;;;;;/q;;;;;;6*+1/p-6. The molecule has 0 fully saturated rings. The molecule has 111 heavy (non-hydrogen) atoms. The zero-order valence-corrected chi connectivity index (χ0v) is 79.5. The number of benzene rings is 9. The molecular weight excluding hydrogens is 1870 g/mol. The maximum atomic E-state index is 11.6. The molecule has 9 aromatic rings. The van der Waals surface area contributed by atoms with E-state index >= 15 is 0 Å². The van der Waals surface area contributed by atoms with Crippen LogP contribution in [0.3, 0.4) is 0 Å². The number of aromatic hydroxyl groups is 6. The Hall–Kier alpha value is -1.15. The van der Waals surface area contributed by atoms with Gasteiger partial charge in [-0.1, -0.05) is 42.5 Å². The van der Waals surface area contributed by atoms with E-state index in [1.54, 1.807) is 25.1 Å². The second kappa shape index (κ2) is 52.1. The van der Waals surface area contributed by atoms with Crippen molar-refractivity contribution in [2.45, 2.75) is 41.2 Å². The molecule has 56 heteroatoms. The fourth-order valence-corrected chi connectivity index (χ4v) is 12.3. The van der Waals surface area contributed by atoms with E-state index in [4.69, 9.17) is 27.9 Å². The molecule has 0 saturated carbocycles. The molecule has 0 aliphatic carbocycles. The van der Waals surface area contributed by atoms with Crippen LogP contribution in [0, 0.1) is 6.92 Å². The summed E-state index contributed by atoms with van der Waals surface area (Å²) in [5, 5.41) is 107. The number of azo groups is 3. The summed E-state index contributed by atoms with van der Waals surface area (Å²) in [5.74, 6) is -4.08. The average Bonchev–Trinajstić information content (AvgIpc) is 0.776. The summed E-state index contributed by atoms with van der Waals surface area (Å²) in [6.07, 6.45) is 0. The minimum absolute atomic E-state index is 0. The van der Waals surface area contributed by atoms with Crippen LogP contribution in [0.15, 0.2) is 204 Å². The summed E-state index contributed by atoms with van der Waals surface area (Å²) in [4.78, 5) is 10.5. The number of phenolic OH excluding ortho intramolecular Hbond substituents is 6. The first-order chi connectivity index (χ1) is 47.9. The van der Waals surface area contributed by atoms with Crippen LogP contribution >= 0.6 is 36.1 Å². The van der Waals surface area contributed by atoms with Crippen LogP contribution in [0.1, 0.15) is 5.56 Å². The number of phenols is 6. The fraction of sp³-hybridized carbons (Fsp3) is 0.0909. The Morgan fingerprint density at radius 2 is 0.820 bits per heavy atom. The molecular formula is C55H42Cu3N6Na6O32S9. The summed E-state index contributed by atoms with van der Waals surface area (Å²) >= 11 is 0.122. The first kappa shape index (κ1) is 114. The molecule has 38 nitrogen and oxygen atoms in total. The number of aryl methyl sites for hydroxylation is 1. The van der Waals surface area contributed by atoms with Crippen molar-refractivity contribution in [2.75, 3.05) is 25.6 Å². The maximum Gasteiger partial charge on any atom is 1.00 e. The molecule has 0 bridgehead atoms. The maximum absolute atomic E-state index is 11.6. The molecule has 0 spiro atoms. The minimum Gasteiger partial charge on any atom is -0.744 e. The van der Waals surface area contributed by atoms with Gasteiger partial charge in [-0.15, -0.1) is 39.4 Å². The molecule has 0 aromatic heterocycles. The van der Waals surface area contributed by atoms with Gasteiger partial charge in [-0.2, -0.15) is 8.67 Å². The van der Waals surface area contributed by atoms with E-state index in [9.17, 15) is 105 Å². The van der Waals surface area contributed by atoms with Gasteiger partial charge in [0.15, 0.2) is 34.1 Å². The van der Waals surface area contributed by atoms with E-state index in [0.717, 1.165) is 72.1 Å². The van der Waals surface area contributed by atoms with Gasteiger partial charge in [-0.25, -0.2) is 56.1 Å². The van der Waals surface area contributed by atoms with Gasteiger partial charge in [-0.05, 0) is 119 Å². The van der Waals surface area contributed by atoms with Crippen LogP contribution < -0.4 is 187 Å². The van der Waals surface area contributed by atoms with Crippen LogP contribution in [0.2, 0.25) is 0 Å². The van der Waals surface area contributed by atoms with Crippen molar-refractivity contribution in [2.24, 2.45) is 30.7 Å². The third-order valence-corrected chi connectivity index (χ3v) is 18.9. The van der Waals surface area contributed by atoms with Gasteiger partial charge in [0.2, 0.25) is 0 Å². The van der Waals surface area contributed by atoms with Crippen LogP contribution in [0.5, 0.6) is 40.2 Å². The van der Waals surface area contributed by atoms with E-state index < -0.39 is 121 Å². The Morgan fingerprint density at radius 3 is 1.18 bits per heavy atom. The number of aliphatic hydroxyl groups excluding tert-OH is 1. The van der Waals surface area contributed by atoms with Crippen molar-refractivity contribution in [1.29, 1.82) is 0 Å². The Kier molecular flexibility index (Phi) is 53.5. The summed E-state index contributed by atoms with van der Waals surface area (Å²) in [5.41, 5.74) is -0.936. The predicted molar refractivity (Wildman–Crippen MR) is 346 cm³/mol. The summed E-state index contributed by atoms with van der Waals surface area (Å²) < 4.78 is 202. The van der Waals surface area contributed by atoms with E-state index in [-0.39, 0.29) is 321 Å². The van der Waals surface area contributed by atoms with Crippen LogP contribution in [-0.2, 0) is 145 Å². The second-order valence-electron chi connectivity index (χ2n) is 19.3. The Labute approximate surface area is 810 Å². The summed E-state index contributed by atoms with van der Waals surface area (Å²) in [7, 11) is -25.3. The Bertz CT molecular complexity index is 5440. The first-order valence-electron chi connectivity index (χ1n) is 26.8. The van der Waals surface area contributed by atoms with Crippen molar-refractivity contribution in [3.8, 4) is 40.2 Å². The monoisotopic (exact) mass is 1910 g/mol. The second-order valence-corrected chi connectivity index (χ2v) is 29.4. The predicted octanol–water partition coefficient (Wildman–Crippen LogP) is -9.26. The molecule has 1 unspecified atom stereocenters. The van der Waals surface area contributed by atoms with Crippen molar-refractivity contribution < 1.29 is 376 Å². The van der Waals surface area contributed by atoms with Gasteiger partial charge in [-0.3, -0.25) is 5.04 Å². The van der Waals surface area contributed by atoms with Gasteiger partial charge in [0, 0.05) is 83.2 Å². The molecule has 7 N–H and O–H groups in total. The third kappa shape index (κ3) is 33.8. The molecule has 0 saturated heterocycles. The molecule has 0 aliphatic rings. The molecule has 0 aliphatic heterocycles. The van der Waals surface area contributed by atoms with Gasteiger partial charge < -0.3 is 68.7 Å². The third-order valence-electron chi connectivity index (χ3n) is 12.5. The number of fused-ring (bicyclic) bond motifs is 3. The van der Waals surface area contributed by atoms with Gasteiger partial charge in [0.1, 0.15) is 109 Å². The van der Waals surface area contributed by atoms with Crippen molar-refractivity contribution >= 4 is 164 Å². The molecule has 0 heterocycles. The molecule has 9 rings (SSSR count). The van der Waals surface area contributed by atoms with Gasteiger partial charge in [0.25, 0.3) is 0 Å². The molecule has 9 aromatic carbocycles. The fourth-order valence-electron chi connectivity index (χ4n) is 8.02. The minimum atomic E-state index is -5.28. The van der Waals surface area contributed by atoms with Crippen molar-refractivity contribution in [1.82, 2.24) is 0 Å². The topological polar surface area (TPSA) is 616 Å². The molecule has 577 valence electrons. The molecule has 0 amide bonds. The zero-order chi connectivity index (χ0) is 75.1. The summed E-state index contributed by atoms with van der Waals surface area (Å²) in [6, 6.07) is 24.7. The zero-order valence-electron chi connectivity index (χ0n) is 57.3. The van der Waals surface area contributed by atoms with Crippen LogP contribution in [0.4, 0.5) is 34.1 Å².